The highest BCUT2D eigenvalue weighted by atomic mass is 16.5. The van der Waals surface area contributed by atoms with Crippen LogP contribution < -0.4 is 5.32 Å². The second-order valence-electron chi connectivity index (χ2n) is 8.37. The average molecular weight is 447 g/mol. The van der Waals surface area contributed by atoms with E-state index in [-0.39, 0.29) is 24.0 Å². The van der Waals surface area contributed by atoms with Crippen LogP contribution >= 0.6 is 0 Å². The summed E-state index contributed by atoms with van der Waals surface area (Å²) in [6.45, 7) is 4.83. The normalized spacial score (nSPS) is 25.1. The standard InChI is InChI=1S/C27H30N2O4/c1-3-22-24(27(31)32-2)25-23(33-22)15-10-16-29(25)21(17-19-11-6-4-7-12-19)26(30)28-18-20-13-8-5-9-14-20/h3-15,21-25H,1,16-18H2,2H3,(H,28,30)/t21-,22-,23+,24-,25-/m1/s1. The van der Waals surface area contributed by atoms with Gasteiger partial charge in [0.1, 0.15) is 5.92 Å². The van der Waals surface area contributed by atoms with E-state index in [4.69, 9.17) is 9.47 Å². The number of hydrogen-bond donors (Lipinski definition) is 1. The molecule has 0 aliphatic carbocycles. The largest absolute Gasteiger partial charge is 0.469 e. The van der Waals surface area contributed by atoms with Gasteiger partial charge in [-0.05, 0) is 17.5 Å². The van der Waals surface area contributed by atoms with Gasteiger partial charge in [-0.25, -0.2) is 0 Å². The quantitative estimate of drug-likeness (QED) is 0.499. The summed E-state index contributed by atoms with van der Waals surface area (Å²) >= 11 is 0. The summed E-state index contributed by atoms with van der Waals surface area (Å²) in [6, 6.07) is 19.0. The van der Waals surface area contributed by atoms with E-state index in [1.807, 2.05) is 72.8 Å². The molecule has 0 bridgehead atoms. The second-order valence-corrected chi connectivity index (χ2v) is 8.37. The summed E-state index contributed by atoms with van der Waals surface area (Å²) in [5.74, 6) is -0.985. The van der Waals surface area contributed by atoms with E-state index in [1.165, 1.54) is 7.11 Å². The second kappa shape index (κ2) is 10.6. The van der Waals surface area contributed by atoms with E-state index < -0.39 is 18.1 Å². The van der Waals surface area contributed by atoms with Crippen LogP contribution in [0.4, 0.5) is 0 Å². The van der Waals surface area contributed by atoms with Crippen LogP contribution in [0.15, 0.2) is 85.5 Å². The lowest BCUT2D eigenvalue weighted by Gasteiger charge is -2.40. The van der Waals surface area contributed by atoms with Crippen molar-refractivity contribution < 1.29 is 19.1 Å². The molecule has 6 heteroatoms. The van der Waals surface area contributed by atoms with Gasteiger partial charge in [0.05, 0.1) is 31.4 Å². The minimum absolute atomic E-state index is 0.0811. The van der Waals surface area contributed by atoms with Crippen LogP contribution in [0.3, 0.4) is 0 Å². The minimum Gasteiger partial charge on any atom is -0.469 e. The highest BCUT2D eigenvalue weighted by Gasteiger charge is 2.52. The monoisotopic (exact) mass is 446 g/mol. The van der Waals surface area contributed by atoms with Gasteiger partial charge < -0.3 is 14.8 Å². The highest BCUT2D eigenvalue weighted by molar-refractivity contribution is 5.82. The molecule has 33 heavy (non-hydrogen) atoms. The Morgan fingerprint density at radius 2 is 1.82 bits per heavy atom. The summed E-state index contributed by atoms with van der Waals surface area (Å²) < 4.78 is 11.2. The Balaban J connectivity index is 1.63. The van der Waals surface area contributed by atoms with E-state index in [1.54, 1.807) is 6.08 Å². The van der Waals surface area contributed by atoms with Gasteiger partial charge in [0, 0.05) is 13.1 Å². The number of rotatable bonds is 8. The number of carbonyl (C=O) groups is 2. The number of ether oxygens (including phenoxy) is 2. The Kier molecular flexibility index (Phi) is 7.37. The Morgan fingerprint density at radius 1 is 1.15 bits per heavy atom. The molecule has 1 amide bonds. The number of hydrogen-bond acceptors (Lipinski definition) is 5. The number of amides is 1. The molecule has 2 aliphatic heterocycles. The van der Waals surface area contributed by atoms with Crippen molar-refractivity contribution in [2.75, 3.05) is 13.7 Å². The molecule has 1 fully saturated rings. The minimum atomic E-state index is -0.553. The van der Waals surface area contributed by atoms with Crippen molar-refractivity contribution in [3.05, 3.63) is 96.6 Å². The number of esters is 1. The van der Waals surface area contributed by atoms with E-state index in [2.05, 4.69) is 16.8 Å². The molecular weight excluding hydrogens is 416 g/mol. The summed E-state index contributed by atoms with van der Waals surface area (Å²) in [7, 11) is 1.38. The molecule has 2 aliphatic rings. The van der Waals surface area contributed by atoms with E-state index in [0.717, 1.165) is 11.1 Å². The summed E-state index contributed by atoms with van der Waals surface area (Å²) in [5, 5.41) is 3.10. The van der Waals surface area contributed by atoms with E-state index >= 15 is 0 Å². The summed E-state index contributed by atoms with van der Waals surface area (Å²) in [5.41, 5.74) is 2.08. The zero-order valence-corrected chi connectivity index (χ0v) is 18.8. The van der Waals surface area contributed by atoms with Crippen molar-refractivity contribution in [1.29, 1.82) is 0 Å². The van der Waals surface area contributed by atoms with Gasteiger partial charge in [-0.1, -0.05) is 78.9 Å². The fourth-order valence-electron chi connectivity index (χ4n) is 4.79. The molecule has 0 saturated carbocycles. The molecular formula is C27H30N2O4. The van der Waals surface area contributed by atoms with Crippen molar-refractivity contribution in [2.45, 2.75) is 37.3 Å². The molecule has 1 saturated heterocycles. The first-order valence-corrected chi connectivity index (χ1v) is 11.3. The van der Waals surface area contributed by atoms with Crippen LogP contribution in [0.25, 0.3) is 0 Å². The third kappa shape index (κ3) is 5.07. The Labute approximate surface area is 194 Å². The molecule has 5 atom stereocenters. The number of benzene rings is 2. The summed E-state index contributed by atoms with van der Waals surface area (Å²) in [4.78, 5) is 28.4. The molecule has 2 aromatic rings. The molecule has 6 nitrogen and oxygen atoms in total. The number of methoxy groups -OCH3 is 1. The van der Waals surface area contributed by atoms with Gasteiger partial charge >= 0.3 is 5.97 Å². The number of nitrogens with one attached hydrogen (secondary N) is 1. The predicted octanol–water partition coefficient (Wildman–Crippen LogP) is 2.90. The van der Waals surface area contributed by atoms with Crippen molar-refractivity contribution in [3.8, 4) is 0 Å². The van der Waals surface area contributed by atoms with Crippen molar-refractivity contribution in [2.24, 2.45) is 5.92 Å². The third-order valence-electron chi connectivity index (χ3n) is 6.39. The fraction of sp³-hybridized carbons (Fsp3) is 0.333. The van der Waals surface area contributed by atoms with Crippen LogP contribution in [-0.4, -0.2) is 54.7 Å². The fourth-order valence-corrected chi connectivity index (χ4v) is 4.79. The molecule has 2 aromatic carbocycles. The highest BCUT2D eigenvalue weighted by Crippen LogP contribution is 2.37. The molecule has 0 spiro atoms. The number of fused-ring (bicyclic) bond motifs is 1. The Bertz CT molecular complexity index is 992. The van der Waals surface area contributed by atoms with Gasteiger partial charge in [0.25, 0.3) is 0 Å². The van der Waals surface area contributed by atoms with Crippen LogP contribution in [-0.2, 0) is 32.0 Å². The van der Waals surface area contributed by atoms with Crippen molar-refractivity contribution >= 4 is 11.9 Å². The molecule has 0 unspecified atom stereocenters. The van der Waals surface area contributed by atoms with E-state index in [0.29, 0.717) is 19.5 Å². The van der Waals surface area contributed by atoms with Gasteiger partial charge in [0.15, 0.2) is 0 Å². The lowest BCUT2D eigenvalue weighted by Crippen LogP contribution is -2.58. The smallest absolute Gasteiger partial charge is 0.313 e. The van der Waals surface area contributed by atoms with Crippen LogP contribution in [0.5, 0.6) is 0 Å². The maximum absolute atomic E-state index is 13.6. The lowest BCUT2D eigenvalue weighted by molar-refractivity contribution is -0.149. The van der Waals surface area contributed by atoms with Crippen LogP contribution in [0.1, 0.15) is 11.1 Å². The Hall–Kier alpha value is -3.22. The van der Waals surface area contributed by atoms with Gasteiger partial charge in [-0.3, -0.25) is 14.5 Å². The van der Waals surface area contributed by atoms with Crippen LogP contribution in [0, 0.1) is 5.92 Å². The van der Waals surface area contributed by atoms with Gasteiger partial charge in [-0.15, -0.1) is 6.58 Å². The molecule has 1 N–H and O–H groups in total. The third-order valence-corrected chi connectivity index (χ3v) is 6.39. The lowest BCUT2D eigenvalue weighted by atomic mass is 9.88. The maximum Gasteiger partial charge on any atom is 0.313 e. The zero-order chi connectivity index (χ0) is 23.2. The first kappa shape index (κ1) is 23.0. The zero-order valence-electron chi connectivity index (χ0n) is 18.8. The SMILES string of the molecule is C=C[C@H]1O[C@H]2C=CCN([C@H](Cc3ccccc3)C(=O)NCc3ccccc3)[C@H]2[C@@H]1C(=O)OC. The molecule has 4 rings (SSSR count). The first-order chi connectivity index (χ1) is 16.1. The molecule has 0 aromatic heterocycles. The van der Waals surface area contributed by atoms with E-state index in [9.17, 15) is 9.59 Å². The number of nitrogens with zero attached hydrogens (tertiary/aromatic N) is 1. The van der Waals surface area contributed by atoms with Crippen molar-refractivity contribution in [3.63, 3.8) is 0 Å². The molecule has 2 heterocycles. The first-order valence-electron chi connectivity index (χ1n) is 11.3. The van der Waals surface area contributed by atoms with Gasteiger partial charge in [0.2, 0.25) is 5.91 Å². The van der Waals surface area contributed by atoms with Crippen LogP contribution in [0.2, 0.25) is 0 Å². The predicted molar refractivity (Wildman–Crippen MR) is 126 cm³/mol. The van der Waals surface area contributed by atoms with Gasteiger partial charge in [-0.2, -0.15) is 0 Å². The maximum atomic E-state index is 13.6. The summed E-state index contributed by atoms with van der Waals surface area (Å²) in [6.07, 6.45) is 5.36. The Morgan fingerprint density at radius 3 is 2.45 bits per heavy atom. The molecule has 172 valence electrons. The average Bonchev–Trinajstić information content (AvgIpc) is 3.26. The van der Waals surface area contributed by atoms with Crippen molar-refractivity contribution in [1.82, 2.24) is 10.2 Å². The molecule has 0 radical (unpaired) electrons. The topological polar surface area (TPSA) is 67.9 Å². The number of carbonyl (C=O) groups excluding carboxylic acids is 2.